The fourth-order valence-electron chi connectivity index (χ4n) is 12.1. The van der Waals surface area contributed by atoms with E-state index in [1.807, 2.05) is 0 Å². The van der Waals surface area contributed by atoms with Gasteiger partial charge in [-0.05, 0) is 30.9 Å². The number of esters is 5. The van der Waals surface area contributed by atoms with Crippen LogP contribution in [-0.4, -0.2) is 88.8 Å². The summed E-state index contributed by atoms with van der Waals surface area (Å²) in [5.41, 5.74) is -11.6. The Balaban J connectivity index is 1.50. The molecule has 1 aromatic rings. The van der Waals surface area contributed by atoms with Crippen molar-refractivity contribution in [2.24, 2.45) is 22.2 Å². The Morgan fingerprint density at radius 2 is 1.70 bits per heavy atom. The molecule has 15 heteroatoms. The molecule has 13 atom stereocenters. The molecular weight excluding hydrogens is 660 g/mol. The van der Waals surface area contributed by atoms with Crippen LogP contribution in [0.2, 0.25) is 0 Å². The number of furan rings is 1. The molecule has 1 spiro atoms. The molecule has 0 unspecified atom stereocenters. The second-order valence-corrected chi connectivity index (χ2v) is 15.6. The molecule has 0 radical (unpaired) electrons. The predicted octanol–water partition coefficient (Wildman–Crippen LogP) is 2.33. The van der Waals surface area contributed by atoms with Crippen LogP contribution < -0.4 is 0 Å². The Bertz CT molecular complexity index is 1790. The number of carbonyl (C=O) groups excluding carboxylic acids is 5. The molecule has 6 fully saturated rings. The van der Waals surface area contributed by atoms with Crippen LogP contribution in [0.25, 0.3) is 0 Å². The lowest BCUT2D eigenvalue weighted by Crippen LogP contribution is -2.93. The van der Waals surface area contributed by atoms with Crippen LogP contribution in [-0.2, 0) is 61.9 Å². The van der Waals surface area contributed by atoms with E-state index < -0.39 is 105 Å². The summed E-state index contributed by atoms with van der Waals surface area (Å²) in [5.74, 6) is -6.37. The molecule has 4 bridgehead atoms. The van der Waals surface area contributed by atoms with Gasteiger partial charge in [-0.2, -0.15) is 0 Å². The summed E-state index contributed by atoms with van der Waals surface area (Å²) in [5, 5.41) is 13.6. The molecule has 4 heterocycles. The lowest BCUT2D eigenvalue weighted by atomic mass is 9.34. The fourth-order valence-corrected chi connectivity index (χ4v) is 12.1. The van der Waals surface area contributed by atoms with Crippen molar-refractivity contribution in [1.82, 2.24) is 0 Å². The molecule has 3 aliphatic heterocycles. The van der Waals surface area contributed by atoms with Crippen molar-refractivity contribution >= 4 is 29.8 Å². The van der Waals surface area contributed by atoms with Gasteiger partial charge in [-0.25, -0.2) is 4.79 Å². The Kier molecular flexibility index (Phi) is 6.37. The number of fused-ring (bicyclic) bond motifs is 4. The zero-order valence-electron chi connectivity index (χ0n) is 29.0. The average Bonchev–Trinajstić information content (AvgIpc) is 3.78. The summed E-state index contributed by atoms with van der Waals surface area (Å²) in [6.45, 7) is 10.4. The van der Waals surface area contributed by atoms with Crippen LogP contribution in [0.15, 0.2) is 34.7 Å². The number of ether oxygens (including phenoxy) is 8. The summed E-state index contributed by atoms with van der Waals surface area (Å²) in [6, 6.07) is 1.62. The van der Waals surface area contributed by atoms with Gasteiger partial charge in [-0.15, -0.1) is 0 Å². The van der Waals surface area contributed by atoms with E-state index >= 15 is 0 Å². The van der Waals surface area contributed by atoms with E-state index in [1.54, 1.807) is 26.8 Å². The third-order valence-electron chi connectivity index (χ3n) is 13.4. The van der Waals surface area contributed by atoms with Crippen LogP contribution in [0.5, 0.6) is 0 Å². The Morgan fingerprint density at radius 3 is 2.30 bits per heavy atom. The standard InChI is InChI=1S/C35H40O15/c1-16(36)44-22-13-33-30(6)20(11-23(39)42-8)28(4)15-32(30,41)35(47-18(3)38,26(28)45-17(2)37)27-34(33,50-31(7,48-27)49-33)21-12-24(40)46-25(29(21,22)5)19-9-10-43-14-19/h9-10,12,14,20,22,25-27,41H,11,13,15H2,1-8H3/t20-,22-,25-,26-,27-,28+,29-,30+,31-,32+,33-,34+,35-/m0/s1. The van der Waals surface area contributed by atoms with Crippen molar-refractivity contribution in [2.75, 3.05) is 7.11 Å². The first kappa shape index (κ1) is 33.4. The summed E-state index contributed by atoms with van der Waals surface area (Å²) in [7, 11) is 1.24. The van der Waals surface area contributed by atoms with E-state index in [-0.39, 0.29) is 24.8 Å². The highest BCUT2D eigenvalue weighted by Crippen LogP contribution is 2.88. The predicted molar refractivity (Wildman–Crippen MR) is 161 cm³/mol. The molecule has 7 aliphatic rings. The SMILES string of the molecule is COC(=O)C[C@H]1[C@@]2(C)C[C@]3(O)[C@@](OC(C)=O)([C@H]4O[C@@]5(C)O[C@@]6(C[C@H](OC(C)=O)[C@]7(C)C(=CC(=O)O[C@H]7c7ccoc7)[C@@]46O5)[C@]13C)[C@H]2OC(C)=O. The van der Waals surface area contributed by atoms with Crippen molar-refractivity contribution in [2.45, 2.75) is 121 Å². The number of aliphatic hydroxyl groups is 1. The molecule has 15 nitrogen and oxygen atoms in total. The van der Waals surface area contributed by atoms with Gasteiger partial charge in [-0.1, -0.05) is 13.8 Å². The fraction of sp³-hybridized carbons (Fsp3) is 0.686. The van der Waals surface area contributed by atoms with Gasteiger partial charge in [0.25, 0.3) is 5.97 Å². The number of hydrogen-bond acceptors (Lipinski definition) is 15. The highest BCUT2D eigenvalue weighted by molar-refractivity contribution is 5.86. The van der Waals surface area contributed by atoms with Gasteiger partial charge >= 0.3 is 29.8 Å². The first-order valence-electron chi connectivity index (χ1n) is 16.6. The van der Waals surface area contributed by atoms with E-state index in [0.29, 0.717) is 5.56 Å². The van der Waals surface area contributed by atoms with Crippen molar-refractivity contribution in [1.29, 1.82) is 0 Å². The number of hydrogen-bond donors (Lipinski definition) is 1. The number of carbonyl (C=O) groups is 5. The Hall–Kier alpha value is -3.79. The number of rotatable bonds is 6. The lowest BCUT2D eigenvalue weighted by molar-refractivity contribution is -0.446. The van der Waals surface area contributed by atoms with Crippen LogP contribution in [0.1, 0.15) is 79.4 Å². The van der Waals surface area contributed by atoms with Gasteiger partial charge in [0.1, 0.15) is 29.5 Å². The minimum absolute atomic E-state index is 0.130. The Morgan fingerprint density at radius 1 is 1.00 bits per heavy atom. The first-order valence-corrected chi connectivity index (χ1v) is 16.6. The van der Waals surface area contributed by atoms with Crippen molar-refractivity contribution in [3.8, 4) is 0 Å². The smallest absolute Gasteiger partial charge is 0.331 e. The van der Waals surface area contributed by atoms with E-state index in [0.717, 1.165) is 0 Å². The number of methoxy groups -OCH3 is 1. The van der Waals surface area contributed by atoms with Crippen molar-refractivity contribution in [3.05, 3.63) is 35.8 Å². The summed E-state index contributed by atoms with van der Waals surface area (Å²) >= 11 is 0. The quantitative estimate of drug-likeness (QED) is 0.336. The van der Waals surface area contributed by atoms with Crippen molar-refractivity contribution in [3.63, 3.8) is 0 Å². The second-order valence-electron chi connectivity index (χ2n) is 15.6. The first-order chi connectivity index (χ1) is 23.3. The Labute approximate surface area is 286 Å². The summed E-state index contributed by atoms with van der Waals surface area (Å²) < 4.78 is 55.7. The van der Waals surface area contributed by atoms with Gasteiger partial charge in [0.2, 0.25) is 5.60 Å². The van der Waals surface area contributed by atoms with Crippen molar-refractivity contribution < 1.29 is 71.4 Å². The molecule has 1 aromatic heterocycles. The maximum Gasteiger partial charge on any atom is 0.331 e. The molecule has 4 saturated carbocycles. The topological polar surface area (TPSA) is 193 Å². The minimum atomic E-state index is -2.17. The van der Waals surface area contributed by atoms with Gasteiger partial charge < -0.3 is 47.4 Å². The van der Waals surface area contributed by atoms with Crippen LogP contribution in [0, 0.1) is 22.2 Å². The summed E-state index contributed by atoms with van der Waals surface area (Å²) in [6.07, 6.45) is -1.52. The molecule has 1 N–H and O–H groups in total. The monoisotopic (exact) mass is 700 g/mol. The molecule has 4 aliphatic carbocycles. The highest BCUT2D eigenvalue weighted by atomic mass is 17.0. The molecule has 0 aromatic carbocycles. The van der Waals surface area contributed by atoms with Gasteiger partial charge in [0.05, 0.1) is 25.1 Å². The maximum absolute atomic E-state index is 13.7. The van der Waals surface area contributed by atoms with Crippen LogP contribution in [0.3, 0.4) is 0 Å². The molecule has 2 saturated heterocycles. The van der Waals surface area contributed by atoms with Crippen LogP contribution in [0.4, 0.5) is 0 Å². The van der Waals surface area contributed by atoms with Gasteiger partial charge in [0.15, 0.2) is 11.7 Å². The molecular formula is C35H40O15. The van der Waals surface area contributed by atoms with E-state index in [4.69, 9.17) is 42.3 Å². The van der Waals surface area contributed by atoms with E-state index in [1.165, 1.54) is 53.4 Å². The third kappa shape index (κ3) is 3.30. The van der Waals surface area contributed by atoms with Crippen LogP contribution >= 0.6 is 0 Å². The lowest BCUT2D eigenvalue weighted by Gasteiger charge is -2.76. The van der Waals surface area contributed by atoms with Gasteiger partial charge in [0, 0.05) is 63.0 Å². The summed E-state index contributed by atoms with van der Waals surface area (Å²) in [4.78, 5) is 66.3. The molecule has 8 rings (SSSR count). The molecule has 270 valence electrons. The third-order valence-corrected chi connectivity index (χ3v) is 13.4. The van der Waals surface area contributed by atoms with E-state index in [2.05, 4.69) is 0 Å². The normalized spacial score (nSPS) is 50.1. The second kappa shape index (κ2) is 9.55. The molecule has 50 heavy (non-hydrogen) atoms. The van der Waals surface area contributed by atoms with E-state index in [9.17, 15) is 29.1 Å². The highest BCUT2D eigenvalue weighted by Gasteiger charge is 3.03. The number of cyclic esters (lactones) is 1. The minimum Gasteiger partial charge on any atom is -0.472 e. The largest absolute Gasteiger partial charge is 0.472 e. The zero-order valence-corrected chi connectivity index (χ0v) is 29.0. The zero-order chi connectivity index (χ0) is 36.2. The molecule has 0 amide bonds. The maximum atomic E-state index is 13.7. The van der Waals surface area contributed by atoms with Gasteiger partial charge in [-0.3, -0.25) is 19.2 Å². The average molecular weight is 701 g/mol.